The van der Waals surface area contributed by atoms with Gasteiger partial charge in [0.2, 0.25) is 0 Å². The van der Waals surface area contributed by atoms with Gasteiger partial charge in [-0.15, -0.1) is 11.8 Å². The minimum atomic E-state index is -0.218. The largest absolute Gasteiger partial charge is 0.272 e. The maximum atomic E-state index is 12.8. The molecular formula is C20H15BrN4OS. The number of hydrogen-bond donors (Lipinski definition) is 1. The number of imidazole rings is 1. The molecule has 0 saturated heterocycles. The summed E-state index contributed by atoms with van der Waals surface area (Å²) in [5.41, 5.74) is 6.26. The van der Waals surface area contributed by atoms with E-state index in [0.29, 0.717) is 10.6 Å². The molecule has 4 aromatic rings. The number of halogens is 1. The summed E-state index contributed by atoms with van der Waals surface area (Å²) in [6.07, 6.45) is 3.31. The number of nitrogens with one attached hydrogen (secondary N) is 1. The van der Waals surface area contributed by atoms with Gasteiger partial charge in [0, 0.05) is 16.4 Å². The van der Waals surface area contributed by atoms with Crippen LogP contribution in [0.5, 0.6) is 0 Å². The van der Waals surface area contributed by atoms with Crippen LogP contribution in [0.25, 0.3) is 11.0 Å². The monoisotopic (exact) mass is 438 g/mol. The van der Waals surface area contributed by atoms with E-state index in [1.807, 2.05) is 36.4 Å². The van der Waals surface area contributed by atoms with Crippen molar-refractivity contribution in [3.8, 4) is 0 Å². The summed E-state index contributed by atoms with van der Waals surface area (Å²) in [7, 11) is 0. The summed E-state index contributed by atoms with van der Waals surface area (Å²) in [4.78, 5) is 21.5. The average Bonchev–Trinajstić information content (AvgIpc) is 3.11. The summed E-state index contributed by atoms with van der Waals surface area (Å²) in [6, 6.07) is 19.3. The lowest BCUT2D eigenvalue weighted by molar-refractivity contribution is 0.100. The zero-order valence-electron chi connectivity index (χ0n) is 14.2. The molecule has 134 valence electrons. The highest BCUT2D eigenvalue weighted by Crippen LogP contribution is 2.25. The molecule has 1 amide bonds. The Morgan fingerprint density at radius 3 is 2.70 bits per heavy atom. The molecule has 7 heteroatoms. The highest BCUT2D eigenvalue weighted by atomic mass is 79.9. The Hall–Kier alpha value is -2.64. The van der Waals surface area contributed by atoms with Gasteiger partial charge >= 0.3 is 0 Å². The van der Waals surface area contributed by atoms with Gasteiger partial charge in [0.15, 0.2) is 0 Å². The highest BCUT2D eigenvalue weighted by molar-refractivity contribution is 9.10. The van der Waals surface area contributed by atoms with Crippen LogP contribution in [-0.4, -0.2) is 20.6 Å². The number of nitrogens with zero attached hydrogens (tertiary/aromatic N) is 3. The van der Waals surface area contributed by atoms with E-state index in [0.717, 1.165) is 21.3 Å². The molecule has 0 spiro atoms. The van der Waals surface area contributed by atoms with E-state index in [-0.39, 0.29) is 5.91 Å². The maximum Gasteiger partial charge on any atom is 0.272 e. The molecule has 0 aliphatic carbocycles. The normalized spacial score (nSPS) is 10.9. The zero-order chi connectivity index (χ0) is 18.6. The molecule has 2 heterocycles. The number of pyridine rings is 1. The van der Waals surface area contributed by atoms with Crippen LogP contribution in [0.15, 0.2) is 82.7 Å². The smallest absolute Gasteiger partial charge is 0.267 e. The van der Waals surface area contributed by atoms with Gasteiger partial charge in [0.05, 0.1) is 16.6 Å². The second kappa shape index (κ2) is 7.94. The predicted molar refractivity (Wildman–Crippen MR) is 111 cm³/mol. The van der Waals surface area contributed by atoms with Crippen molar-refractivity contribution in [2.75, 3.05) is 5.43 Å². The summed E-state index contributed by atoms with van der Waals surface area (Å²) >= 11 is 4.98. The lowest BCUT2D eigenvalue weighted by Gasteiger charge is -2.10. The fourth-order valence-corrected chi connectivity index (χ4v) is 3.84. The Bertz CT molecular complexity index is 1090. The van der Waals surface area contributed by atoms with E-state index in [4.69, 9.17) is 0 Å². The molecular weight excluding hydrogens is 424 g/mol. The Balaban J connectivity index is 1.53. The Morgan fingerprint density at radius 2 is 1.85 bits per heavy atom. The summed E-state index contributed by atoms with van der Waals surface area (Å²) < 4.78 is 2.68. The molecule has 0 bridgehead atoms. The van der Waals surface area contributed by atoms with E-state index in [2.05, 4.69) is 43.5 Å². The van der Waals surface area contributed by atoms with Crippen LogP contribution in [-0.2, 0) is 5.75 Å². The molecule has 4 rings (SSSR count). The molecule has 0 saturated carbocycles. The van der Waals surface area contributed by atoms with Crippen LogP contribution < -0.4 is 5.43 Å². The minimum Gasteiger partial charge on any atom is -0.267 e. The van der Waals surface area contributed by atoms with Crippen molar-refractivity contribution < 1.29 is 4.79 Å². The second-order valence-electron chi connectivity index (χ2n) is 5.82. The first-order valence-electron chi connectivity index (χ1n) is 8.26. The third-order valence-electron chi connectivity index (χ3n) is 3.98. The van der Waals surface area contributed by atoms with Crippen molar-refractivity contribution in [2.45, 2.75) is 10.8 Å². The molecule has 0 aliphatic heterocycles. The standard InChI is InChI=1S/C20H15BrN4OS/c21-15-9-7-14(8-10-15)12-27-20-16(4-3-11-22-20)19(26)24-25-13-23-17-5-1-2-6-18(17)25/h1-11,13H,12H2,(H,24,26). The van der Waals surface area contributed by atoms with Crippen molar-refractivity contribution >= 4 is 44.6 Å². The number of fused-ring (bicyclic) bond motifs is 1. The summed E-state index contributed by atoms with van der Waals surface area (Å²) in [6.45, 7) is 0. The van der Waals surface area contributed by atoms with Crippen molar-refractivity contribution in [2.24, 2.45) is 0 Å². The van der Waals surface area contributed by atoms with E-state index < -0.39 is 0 Å². The van der Waals surface area contributed by atoms with Crippen molar-refractivity contribution in [1.29, 1.82) is 0 Å². The third kappa shape index (κ3) is 4.04. The maximum absolute atomic E-state index is 12.8. The van der Waals surface area contributed by atoms with Gasteiger partial charge < -0.3 is 0 Å². The van der Waals surface area contributed by atoms with Gasteiger partial charge in [-0.3, -0.25) is 10.2 Å². The molecule has 0 atom stereocenters. The topological polar surface area (TPSA) is 59.8 Å². The molecule has 2 aromatic heterocycles. The van der Waals surface area contributed by atoms with Gasteiger partial charge in [-0.05, 0) is 42.0 Å². The fourth-order valence-electron chi connectivity index (χ4n) is 2.63. The van der Waals surface area contributed by atoms with Crippen LogP contribution in [0, 0.1) is 0 Å². The minimum absolute atomic E-state index is 0.218. The molecule has 0 aliphatic rings. The summed E-state index contributed by atoms with van der Waals surface area (Å²) in [5, 5.41) is 0.697. The zero-order valence-corrected chi connectivity index (χ0v) is 16.6. The second-order valence-corrected chi connectivity index (χ2v) is 7.70. The average molecular weight is 439 g/mol. The molecule has 5 nitrogen and oxygen atoms in total. The van der Waals surface area contributed by atoms with Crippen LogP contribution >= 0.6 is 27.7 Å². The van der Waals surface area contributed by atoms with Gasteiger partial charge in [-0.1, -0.05) is 40.2 Å². The van der Waals surface area contributed by atoms with Crippen LogP contribution in [0.2, 0.25) is 0 Å². The molecule has 27 heavy (non-hydrogen) atoms. The number of aromatic nitrogens is 3. The molecule has 0 fully saturated rings. The van der Waals surface area contributed by atoms with Gasteiger partial charge in [-0.25, -0.2) is 14.6 Å². The Labute approximate surface area is 168 Å². The van der Waals surface area contributed by atoms with Gasteiger partial charge in [0.25, 0.3) is 5.91 Å². The number of carbonyl (C=O) groups is 1. The molecule has 2 aromatic carbocycles. The number of benzene rings is 2. The molecule has 0 radical (unpaired) electrons. The van der Waals surface area contributed by atoms with Crippen LogP contribution in [0.4, 0.5) is 0 Å². The van der Waals surface area contributed by atoms with Crippen molar-refractivity contribution in [3.63, 3.8) is 0 Å². The van der Waals surface area contributed by atoms with Crippen molar-refractivity contribution in [3.05, 3.63) is 88.8 Å². The summed E-state index contributed by atoms with van der Waals surface area (Å²) in [5.74, 6) is 0.517. The van der Waals surface area contributed by atoms with Crippen LogP contribution in [0.3, 0.4) is 0 Å². The first kappa shape index (κ1) is 17.8. The predicted octanol–water partition coefficient (Wildman–Crippen LogP) is 4.87. The van der Waals surface area contributed by atoms with E-state index in [1.54, 1.807) is 29.3 Å². The van der Waals surface area contributed by atoms with E-state index in [1.165, 1.54) is 17.3 Å². The highest BCUT2D eigenvalue weighted by Gasteiger charge is 2.14. The number of hydrogen-bond acceptors (Lipinski definition) is 4. The van der Waals surface area contributed by atoms with E-state index in [9.17, 15) is 4.79 Å². The number of para-hydroxylation sites is 2. The first-order chi connectivity index (χ1) is 13.2. The Morgan fingerprint density at radius 1 is 1.04 bits per heavy atom. The van der Waals surface area contributed by atoms with Gasteiger partial charge in [-0.2, -0.15) is 0 Å². The van der Waals surface area contributed by atoms with Gasteiger partial charge in [0.1, 0.15) is 11.4 Å². The van der Waals surface area contributed by atoms with E-state index >= 15 is 0 Å². The number of rotatable bonds is 5. The number of thioether (sulfide) groups is 1. The molecule has 1 N–H and O–H groups in total. The first-order valence-corrected chi connectivity index (χ1v) is 10.0. The third-order valence-corrected chi connectivity index (χ3v) is 5.59. The van der Waals surface area contributed by atoms with Crippen LogP contribution in [0.1, 0.15) is 15.9 Å². The SMILES string of the molecule is O=C(Nn1cnc2ccccc21)c1cccnc1SCc1ccc(Br)cc1. The number of carbonyl (C=O) groups excluding carboxylic acids is 1. The molecule has 0 unspecified atom stereocenters. The fraction of sp³-hybridized carbons (Fsp3) is 0.0500. The quantitative estimate of drug-likeness (QED) is 0.451. The number of amides is 1. The lowest BCUT2D eigenvalue weighted by atomic mass is 10.2. The Kier molecular flexibility index (Phi) is 5.22. The lowest BCUT2D eigenvalue weighted by Crippen LogP contribution is -2.22. The van der Waals surface area contributed by atoms with Crippen molar-refractivity contribution in [1.82, 2.24) is 14.6 Å².